The highest BCUT2D eigenvalue weighted by molar-refractivity contribution is 6.05. The summed E-state index contributed by atoms with van der Waals surface area (Å²) < 4.78 is 23.2. The van der Waals surface area contributed by atoms with Gasteiger partial charge in [0.15, 0.2) is 0 Å². The Bertz CT molecular complexity index is 1260. The van der Waals surface area contributed by atoms with Gasteiger partial charge in [0.1, 0.15) is 29.8 Å². The topological polar surface area (TPSA) is 95.1 Å². The molecule has 0 aromatic heterocycles. The van der Waals surface area contributed by atoms with Crippen LogP contribution in [0, 0.1) is 0 Å². The molecule has 4 atom stereocenters. The molecule has 2 N–H and O–H groups in total. The molecular formula is C30H30N2O6. The van der Waals surface area contributed by atoms with E-state index in [1.165, 1.54) is 0 Å². The summed E-state index contributed by atoms with van der Waals surface area (Å²) in [6.07, 6.45) is 0.780. The van der Waals surface area contributed by atoms with Gasteiger partial charge in [-0.05, 0) is 41.5 Å². The van der Waals surface area contributed by atoms with Crippen LogP contribution in [0.3, 0.4) is 0 Å². The summed E-state index contributed by atoms with van der Waals surface area (Å²) in [5, 5.41) is 5.76. The molecule has 2 aliphatic heterocycles. The average Bonchev–Trinajstić information content (AvgIpc) is 3.55. The van der Waals surface area contributed by atoms with E-state index < -0.39 is 5.91 Å². The van der Waals surface area contributed by atoms with Crippen molar-refractivity contribution in [3.8, 4) is 5.75 Å². The first-order valence-electron chi connectivity index (χ1n) is 12.5. The molecular weight excluding hydrogens is 484 g/mol. The minimum absolute atomic E-state index is 0.113. The van der Waals surface area contributed by atoms with E-state index in [1.54, 1.807) is 49.6 Å². The summed E-state index contributed by atoms with van der Waals surface area (Å²) in [7, 11) is 1.59. The zero-order valence-corrected chi connectivity index (χ0v) is 21.0. The van der Waals surface area contributed by atoms with Crippen LogP contribution in [0.4, 0.5) is 0 Å². The predicted molar refractivity (Wildman–Crippen MR) is 141 cm³/mol. The first-order valence-corrected chi connectivity index (χ1v) is 12.5. The molecule has 3 aromatic carbocycles. The third kappa shape index (κ3) is 6.11. The molecule has 0 radical (unpaired) electrons. The Balaban J connectivity index is 1.27. The Morgan fingerprint density at radius 2 is 1.58 bits per heavy atom. The Morgan fingerprint density at radius 1 is 0.895 bits per heavy atom. The molecule has 2 aliphatic rings. The van der Waals surface area contributed by atoms with Crippen LogP contribution in [0.1, 0.15) is 21.5 Å². The molecule has 3 aromatic rings. The van der Waals surface area contributed by atoms with Gasteiger partial charge in [0.05, 0.1) is 33.0 Å². The summed E-state index contributed by atoms with van der Waals surface area (Å²) in [6.45, 7) is 1.13. The number of benzene rings is 3. The van der Waals surface area contributed by atoms with Gasteiger partial charge in [0, 0.05) is 5.56 Å². The van der Waals surface area contributed by atoms with Gasteiger partial charge in [-0.25, -0.2) is 0 Å². The molecule has 196 valence electrons. The molecule has 2 saturated heterocycles. The number of methoxy groups -OCH3 is 1. The molecule has 2 heterocycles. The molecule has 2 amide bonds. The van der Waals surface area contributed by atoms with Gasteiger partial charge in [-0.3, -0.25) is 9.59 Å². The van der Waals surface area contributed by atoms with Gasteiger partial charge in [-0.2, -0.15) is 0 Å². The van der Waals surface area contributed by atoms with Crippen molar-refractivity contribution < 1.29 is 28.5 Å². The highest BCUT2D eigenvalue weighted by Gasteiger charge is 2.49. The van der Waals surface area contributed by atoms with Crippen molar-refractivity contribution in [3.63, 3.8) is 0 Å². The highest BCUT2D eigenvalue weighted by Crippen LogP contribution is 2.29. The third-order valence-electron chi connectivity index (χ3n) is 6.59. The number of hydrogen-bond donors (Lipinski definition) is 2. The summed E-state index contributed by atoms with van der Waals surface area (Å²) >= 11 is 0. The Labute approximate surface area is 221 Å². The number of fused-ring (bicyclic) bond motifs is 1. The predicted octanol–water partition coefficient (Wildman–Crippen LogP) is 3.33. The van der Waals surface area contributed by atoms with Crippen LogP contribution in [0.15, 0.2) is 90.6 Å². The fourth-order valence-electron chi connectivity index (χ4n) is 4.56. The van der Waals surface area contributed by atoms with Crippen molar-refractivity contribution in [3.05, 3.63) is 107 Å². The third-order valence-corrected chi connectivity index (χ3v) is 6.59. The summed E-state index contributed by atoms with van der Waals surface area (Å²) in [6, 6.07) is 25.5. The number of amides is 2. The van der Waals surface area contributed by atoms with Crippen LogP contribution in [0.25, 0.3) is 6.08 Å². The molecule has 0 aliphatic carbocycles. The lowest BCUT2D eigenvalue weighted by Gasteiger charge is -2.19. The highest BCUT2D eigenvalue weighted by atomic mass is 16.6. The van der Waals surface area contributed by atoms with Crippen molar-refractivity contribution in [1.82, 2.24) is 10.6 Å². The van der Waals surface area contributed by atoms with Gasteiger partial charge >= 0.3 is 0 Å². The van der Waals surface area contributed by atoms with E-state index >= 15 is 0 Å². The lowest BCUT2D eigenvalue weighted by molar-refractivity contribution is -0.119. The van der Waals surface area contributed by atoms with E-state index in [-0.39, 0.29) is 42.6 Å². The van der Waals surface area contributed by atoms with Crippen LogP contribution in [-0.4, -0.2) is 56.5 Å². The van der Waals surface area contributed by atoms with E-state index in [0.29, 0.717) is 24.5 Å². The largest absolute Gasteiger partial charge is 0.497 e. The van der Waals surface area contributed by atoms with E-state index in [0.717, 1.165) is 11.1 Å². The number of hydrogen-bond acceptors (Lipinski definition) is 6. The van der Waals surface area contributed by atoms with Crippen molar-refractivity contribution in [1.29, 1.82) is 0 Å². The fourth-order valence-corrected chi connectivity index (χ4v) is 4.56. The second-order valence-electron chi connectivity index (χ2n) is 9.16. The smallest absolute Gasteiger partial charge is 0.268 e. The lowest BCUT2D eigenvalue weighted by atomic mass is 10.1. The van der Waals surface area contributed by atoms with Crippen LogP contribution in [0.5, 0.6) is 5.75 Å². The second-order valence-corrected chi connectivity index (χ2v) is 9.16. The maximum absolute atomic E-state index is 13.4. The monoisotopic (exact) mass is 514 g/mol. The molecule has 0 spiro atoms. The summed E-state index contributed by atoms with van der Waals surface area (Å²) in [4.78, 5) is 26.3. The SMILES string of the molecule is COc1ccc(/C=C(\NC(=O)c2ccccc2)C(=O)N[C@H]2CO[C@H]3[C@@H]2OC[C@H]3OCc2ccccc2)cc1. The molecule has 8 heteroatoms. The number of rotatable bonds is 9. The molecule has 5 rings (SSSR count). The van der Waals surface area contributed by atoms with Gasteiger partial charge in [0.2, 0.25) is 0 Å². The molecule has 38 heavy (non-hydrogen) atoms. The van der Waals surface area contributed by atoms with Crippen molar-refractivity contribution >= 4 is 17.9 Å². The second kappa shape index (κ2) is 12.0. The standard InChI is InChI=1S/C30H30N2O6/c1-35-23-14-12-20(13-15-23)16-24(31-29(33)22-10-6-3-7-11-22)30(34)32-25-18-37-28-26(19-38-27(25)28)36-17-21-8-4-2-5-9-21/h2-16,25-28H,17-19H2,1H3,(H,31,33)(H,32,34)/b24-16-/t25-,26+,27+,28+/m0/s1. The Morgan fingerprint density at radius 3 is 2.29 bits per heavy atom. The fraction of sp³-hybridized carbons (Fsp3) is 0.267. The average molecular weight is 515 g/mol. The van der Waals surface area contributed by atoms with Crippen molar-refractivity contribution in [2.24, 2.45) is 0 Å². The maximum atomic E-state index is 13.4. The summed E-state index contributed by atoms with van der Waals surface area (Å²) in [5.41, 5.74) is 2.36. The van der Waals surface area contributed by atoms with Crippen molar-refractivity contribution in [2.75, 3.05) is 20.3 Å². The molecule has 8 nitrogen and oxygen atoms in total. The van der Waals surface area contributed by atoms with Gasteiger partial charge in [-0.15, -0.1) is 0 Å². The summed E-state index contributed by atoms with van der Waals surface area (Å²) in [5.74, 6) is -0.123. The minimum atomic E-state index is -0.434. The lowest BCUT2D eigenvalue weighted by Crippen LogP contribution is -2.46. The Kier molecular flexibility index (Phi) is 8.13. The van der Waals surface area contributed by atoms with Crippen LogP contribution >= 0.6 is 0 Å². The van der Waals surface area contributed by atoms with Gasteiger partial charge in [0.25, 0.3) is 11.8 Å². The maximum Gasteiger partial charge on any atom is 0.268 e. The molecule has 0 saturated carbocycles. The number of carbonyl (C=O) groups excluding carboxylic acids is 2. The van der Waals surface area contributed by atoms with E-state index in [1.807, 2.05) is 48.5 Å². The van der Waals surface area contributed by atoms with E-state index in [9.17, 15) is 9.59 Å². The number of nitrogens with one attached hydrogen (secondary N) is 2. The minimum Gasteiger partial charge on any atom is -0.497 e. The van der Waals surface area contributed by atoms with Crippen LogP contribution in [0.2, 0.25) is 0 Å². The van der Waals surface area contributed by atoms with Gasteiger partial charge in [-0.1, -0.05) is 60.7 Å². The first-order chi connectivity index (χ1) is 18.6. The zero-order valence-electron chi connectivity index (χ0n) is 21.0. The molecule has 2 fully saturated rings. The zero-order chi connectivity index (χ0) is 26.3. The molecule has 0 bridgehead atoms. The first kappa shape index (κ1) is 25.7. The van der Waals surface area contributed by atoms with E-state index in [4.69, 9.17) is 18.9 Å². The van der Waals surface area contributed by atoms with Gasteiger partial charge < -0.3 is 29.6 Å². The quantitative estimate of drug-likeness (QED) is 0.426. The van der Waals surface area contributed by atoms with E-state index in [2.05, 4.69) is 10.6 Å². The van der Waals surface area contributed by atoms with Crippen LogP contribution in [-0.2, 0) is 25.6 Å². The Hall–Kier alpha value is -3.98. The number of ether oxygens (including phenoxy) is 4. The van der Waals surface area contributed by atoms with Crippen LogP contribution < -0.4 is 15.4 Å². The molecule has 0 unspecified atom stereocenters. The van der Waals surface area contributed by atoms with Crippen molar-refractivity contribution in [2.45, 2.75) is 31.0 Å². The normalized spacial score (nSPS) is 22.5. The number of carbonyl (C=O) groups is 2.